The summed E-state index contributed by atoms with van der Waals surface area (Å²) in [5.74, 6) is 0.656. The molecule has 3 heteroatoms. The predicted octanol–water partition coefficient (Wildman–Crippen LogP) is 2.63. The fraction of sp³-hybridized carbons (Fsp3) is 0.647. The molecule has 2 bridgehead atoms. The van der Waals surface area contributed by atoms with E-state index < -0.39 is 0 Å². The van der Waals surface area contributed by atoms with Gasteiger partial charge in [-0.3, -0.25) is 9.78 Å². The highest BCUT2D eigenvalue weighted by Gasteiger charge is 2.40. The van der Waals surface area contributed by atoms with Crippen LogP contribution in [0.4, 0.5) is 0 Å². The Hall–Kier alpha value is -1.22. The highest BCUT2D eigenvalue weighted by molar-refractivity contribution is 5.83. The molecule has 1 aromatic rings. The first kappa shape index (κ1) is 13.7. The lowest BCUT2D eigenvalue weighted by molar-refractivity contribution is -0.124. The van der Waals surface area contributed by atoms with Crippen LogP contribution >= 0.6 is 0 Å². The van der Waals surface area contributed by atoms with E-state index in [1.807, 2.05) is 12.3 Å². The molecule has 1 aromatic heterocycles. The SMILES string of the molecule is CCc1ccc(CC(=O)C2CC3CCC(C2)N3C)nc1. The van der Waals surface area contributed by atoms with Gasteiger partial charge in [0.15, 0.2) is 0 Å². The monoisotopic (exact) mass is 272 g/mol. The van der Waals surface area contributed by atoms with Crippen LogP contribution < -0.4 is 0 Å². The fourth-order valence-corrected chi connectivity index (χ4v) is 3.77. The largest absolute Gasteiger partial charge is 0.300 e. The lowest BCUT2D eigenvalue weighted by atomic mass is 9.86. The zero-order valence-electron chi connectivity index (χ0n) is 12.5. The van der Waals surface area contributed by atoms with Gasteiger partial charge in [-0.25, -0.2) is 0 Å². The van der Waals surface area contributed by atoms with Crippen molar-refractivity contribution in [2.24, 2.45) is 5.92 Å². The van der Waals surface area contributed by atoms with Crippen LogP contribution in [0.25, 0.3) is 0 Å². The van der Waals surface area contributed by atoms with Gasteiger partial charge in [-0.15, -0.1) is 0 Å². The van der Waals surface area contributed by atoms with E-state index in [-0.39, 0.29) is 5.92 Å². The molecule has 2 saturated heterocycles. The van der Waals surface area contributed by atoms with Crippen molar-refractivity contribution >= 4 is 5.78 Å². The van der Waals surface area contributed by atoms with Crippen molar-refractivity contribution in [2.75, 3.05) is 7.05 Å². The zero-order valence-corrected chi connectivity index (χ0v) is 12.5. The van der Waals surface area contributed by atoms with E-state index in [2.05, 4.69) is 29.9 Å². The molecular weight excluding hydrogens is 248 g/mol. The molecule has 20 heavy (non-hydrogen) atoms. The third kappa shape index (κ3) is 2.64. The van der Waals surface area contributed by atoms with Gasteiger partial charge in [0.05, 0.1) is 0 Å². The van der Waals surface area contributed by atoms with Crippen LogP contribution in [0, 0.1) is 5.92 Å². The van der Waals surface area contributed by atoms with Gasteiger partial charge >= 0.3 is 0 Å². The molecule has 0 aromatic carbocycles. The van der Waals surface area contributed by atoms with Crippen LogP contribution in [-0.2, 0) is 17.6 Å². The molecule has 2 aliphatic rings. The van der Waals surface area contributed by atoms with Crippen molar-refractivity contribution in [3.63, 3.8) is 0 Å². The third-order valence-electron chi connectivity index (χ3n) is 5.20. The van der Waals surface area contributed by atoms with Gasteiger partial charge in [0.2, 0.25) is 0 Å². The highest BCUT2D eigenvalue weighted by Crippen LogP contribution is 2.37. The van der Waals surface area contributed by atoms with Gasteiger partial charge in [-0.05, 0) is 50.8 Å². The molecule has 2 fully saturated rings. The second kappa shape index (κ2) is 5.65. The minimum absolute atomic E-state index is 0.261. The van der Waals surface area contributed by atoms with Gasteiger partial charge in [0.25, 0.3) is 0 Å². The van der Waals surface area contributed by atoms with Crippen molar-refractivity contribution in [1.82, 2.24) is 9.88 Å². The Balaban J connectivity index is 1.62. The molecule has 3 nitrogen and oxygen atoms in total. The highest BCUT2D eigenvalue weighted by atomic mass is 16.1. The topological polar surface area (TPSA) is 33.2 Å². The second-order valence-electron chi connectivity index (χ2n) is 6.37. The van der Waals surface area contributed by atoms with Crippen molar-refractivity contribution in [2.45, 2.75) is 57.5 Å². The Morgan fingerprint density at radius 2 is 2.00 bits per heavy atom. The average molecular weight is 272 g/mol. The number of ketones is 1. The van der Waals surface area contributed by atoms with E-state index in [1.54, 1.807) is 0 Å². The molecule has 0 radical (unpaired) electrons. The molecule has 0 amide bonds. The lowest BCUT2D eigenvalue weighted by Gasteiger charge is -2.35. The first-order valence-electron chi connectivity index (χ1n) is 7.85. The Kier molecular flexibility index (Phi) is 3.88. The number of carbonyl (C=O) groups is 1. The van der Waals surface area contributed by atoms with Crippen LogP contribution in [0.3, 0.4) is 0 Å². The van der Waals surface area contributed by atoms with E-state index in [0.29, 0.717) is 24.3 Å². The molecule has 108 valence electrons. The number of rotatable bonds is 4. The Bertz CT molecular complexity index is 468. The summed E-state index contributed by atoms with van der Waals surface area (Å²) in [7, 11) is 2.22. The van der Waals surface area contributed by atoms with Crippen LogP contribution in [0.2, 0.25) is 0 Å². The molecule has 2 atom stereocenters. The summed E-state index contributed by atoms with van der Waals surface area (Å²) in [6.07, 6.45) is 8.07. The predicted molar refractivity (Wildman–Crippen MR) is 79.6 cm³/mol. The zero-order chi connectivity index (χ0) is 14.1. The van der Waals surface area contributed by atoms with Crippen molar-refractivity contribution in [3.8, 4) is 0 Å². The molecule has 3 heterocycles. The van der Waals surface area contributed by atoms with Crippen LogP contribution in [0.5, 0.6) is 0 Å². The normalized spacial score (nSPS) is 29.6. The van der Waals surface area contributed by atoms with Gasteiger partial charge in [0, 0.05) is 36.3 Å². The van der Waals surface area contributed by atoms with Crippen molar-refractivity contribution < 1.29 is 4.79 Å². The number of pyridine rings is 1. The summed E-state index contributed by atoms with van der Waals surface area (Å²) in [4.78, 5) is 19.4. The number of Topliss-reactive ketones (excluding diaryl/α,β-unsaturated/α-hetero) is 1. The van der Waals surface area contributed by atoms with Gasteiger partial charge in [-0.1, -0.05) is 13.0 Å². The number of fused-ring (bicyclic) bond motifs is 2. The number of carbonyl (C=O) groups excluding carboxylic acids is 1. The third-order valence-corrected chi connectivity index (χ3v) is 5.20. The summed E-state index contributed by atoms with van der Waals surface area (Å²) < 4.78 is 0. The average Bonchev–Trinajstić information content (AvgIpc) is 2.68. The number of aromatic nitrogens is 1. The van der Waals surface area contributed by atoms with E-state index in [0.717, 1.165) is 25.0 Å². The van der Waals surface area contributed by atoms with E-state index in [1.165, 1.54) is 18.4 Å². The van der Waals surface area contributed by atoms with Crippen molar-refractivity contribution in [3.05, 3.63) is 29.6 Å². The number of piperidine rings is 1. The summed E-state index contributed by atoms with van der Waals surface area (Å²) in [5.41, 5.74) is 2.16. The van der Waals surface area contributed by atoms with Crippen LogP contribution in [0.1, 0.15) is 43.9 Å². The second-order valence-corrected chi connectivity index (χ2v) is 6.37. The first-order valence-corrected chi connectivity index (χ1v) is 7.85. The summed E-state index contributed by atoms with van der Waals surface area (Å²) >= 11 is 0. The van der Waals surface area contributed by atoms with Gasteiger partial charge < -0.3 is 4.90 Å². The molecule has 0 aliphatic carbocycles. The number of hydrogen-bond donors (Lipinski definition) is 0. The Morgan fingerprint density at radius 1 is 1.30 bits per heavy atom. The molecular formula is C17H24N2O. The standard InChI is InChI=1S/C17H24N2O/c1-3-12-4-5-14(18-11-12)10-17(20)13-8-15-6-7-16(9-13)19(15)2/h4-5,11,13,15-16H,3,6-10H2,1-2H3. The molecule has 0 saturated carbocycles. The molecule has 3 rings (SSSR count). The fourth-order valence-electron chi connectivity index (χ4n) is 3.77. The maximum atomic E-state index is 12.5. The van der Waals surface area contributed by atoms with Gasteiger partial charge in [0.1, 0.15) is 5.78 Å². The minimum atomic E-state index is 0.261. The smallest absolute Gasteiger partial charge is 0.142 e. The Labute approximate surface area is 121 Å². The van der Waals surface area contributed by atoms with Crippen molar-refractivity contribution in [1.29, 1.82) is 0 Å². The minimum Gasteiger partial charge on any atom is -0.300 e. The van der Waals surface area contributed by atoms with Gasteiger partial charge in [-0.2, -0.15) is 0 Å². The molecule has 0 N–H and O–H groups in total. The number of aryl methyl sites for hydroxylation is 1. The van der Waals surface area contributed by atoms with E-state index in [9.17, 15) is 4.79 Å². The molecule has 0 spiro atoms. The first-order chi connectivity index (χ1) is 9.67. The molecule has 2 unspecified atom stereocenters. The van der Waals surface area contributed by atoms with E-state index >= 15 is 0 Å². The van der Waals surface area contributed by atoms with E-state index in [4.69, 9.17) is 0 Å². The summed E-state index contributed by atoms with van der Waals surface area (Å²) in [5, 5.41) is 0. The maximum Gasteiger partial charge on any atom is 0.142 e. The summed E-state index contributed by atoms with van der Waals surface area (Å²) in [6, 6.07) is 5.38. The molecule has 2 aliphatic heterocycles. The number of nitrogens with zero attached hydrogens (tertiary/aromatic N) is 2. The Morgan fingerprint density at radius 3 is 2.55 bits per heavy atom. The summed E-state index contributed by atoms with van der Waals surface area (Å²) in [6.45, 7) is 2.12. The quantitative estimate of drug-likeness (QED) is 0.845. The maximum absolute atomic E-state index is 12.5. The number of hydrogen-bond acceptors (Lipinski definition) is 3. The lowest BCUT2D eigenvalue weighted by Crippen LogP contribution is -2.42. The van der Waals surface area contributed by atoms with Crippen LogP contribution in [0.15, 0.2) is 18.3 Å². The van der Waals surface area contributed by atoms with Crippen LogP contribution in [-0.4, -0.2) is 34.8 Å².